The fraction of sp³-hybridized carbons (Fsp3) is 0.200. The van der Waals surface area contributed by atoms with E-state index < -0.39 is 17.4 Å². The van der Waals surface area contributed by atoms with Crippen LogP contribution >= 0.6 is 0 Å². The van der Waals surface area contributed by atoms with Crippen molar-refractivity contribution in [2.75, 3.05) is 12.4 Å². The van der Waals surface area contributed by atoms with E-state index in [-0.39, 0.29) is 6.54 Å². The van der Waals surface area contributed by atoms with E-state index in [9.17, 15) is 8.78 Å². The molecule has 0 saturated carbocycles. The molecule has 2 aromatic carbocycles. The van der Waals surface area contributed by atoms with Crippen LogP contribution in [0, 0.1) is 18.6 Å². The lowest BCUT2D eigenvalue weighted by Gasteiger charge is -2.10. The maximum atomic E-state index is 13.2. The van der Waals surface area contributed by atoms with Gasteiger partial charge in [0, 0.05) is 12.2 Å². The summed E-state index contributed by atoms with van der Waals surface area (Å²) in [5.41, 5.74) is 2.18. The van der Waals surface area contributed by atoms with Gasteiger partial charge in [0.25, 0.3) is 0 Å². The molecule has 0 aliphatic rings. The monoisotopic (exact) mass is 279 g/mol. The van der Waals surface area contributed by atoms with Crippen molar-refractivity contribution in [1.29, 1.82) is 0 Å². The Balaban J connectivity index is 2.11. The summed E-state index contributed by atoms with van der Waals surface area (Å²) < 4.78 is 31.5. The Labute approximate surface area is 115 Å². The van der Waals surface area contributed by atoms with Gasteiger partial charge in [0.1, 0.15) is 5.75 Å². The number of benzene rings is 2. The third-order valence-electron chi connectivity index (χ3n) is 2.97. The van der Waals surface area contributed by atoms with Crippen molar-refractivity contribution in [3.05, 3.63) is 53.1 Å². The maximum absolute atomic E-state index is 13.2. The molecule has 0 spiro atoms. The molecule has 20 heavy (non-hydrogen) atoms. The highest BCUT2D eigenvalue weighted by Crippen LogP contribution is 2.24. The average Bonchev–Trinajstić information content (AvgIpc) is 2.42. The first-order chi connectivity index (χ1) is 9.51. The summed E-state index contributed by atoms with van der Waals surface area (Å²) >= 11 is 0. The number of hydrogen-bond donors (Lipinski definition) is 2. The average molecular weight is 279 g/mol. The third kappa shape index (κ3) is 2.99. The molecule has 2 N–H and O–H groups in total. The summed E-state index contributed by atoms with van der Waals surface area (Å²) in [5.74, 6) is -2.10. The Morgan fingerprint density at radius 1 is 1.15 bits per heavy atom. The number of aryl methyl sites for hydroxylation is 1. The fourth-order valence-electron chi connectivity index (χ4n) is 1.91. The fourth-order valence-corrected chi connectivity index (χ4v) is 1.91. The molecule has 106 valence electrons. The molecule has 0 aromatic heterocycles. The van der Waals surface area contributed by atoms with Crippen LogP contribution in [0.3, 0.4) is 0 Å². The minimum absolute atomic E-state index is 0.250. The summed E-state index contributed by atoms with van der Waals surface area (Å²) in [6, 6.07) is 7.71. The van der Waals surface area contributed by atoms with E-state index in [0.717, 1.165) is 29.1 Å². The second-order valence-electron chi connectivity index (χ2n) is 4.45. The summed E-state index contributed by atoms with van der Waals surface area (Å²) in [4.78, 5) is 0. The summed E-state index contributed by atoms with van der Waals surface area (Å²) in [6.07, 6.45) is 0. The number of phenols is 1. The zero-order chi connectivity index (χ0) is 14.7. The summed E-state index contributed by atoms with van der Waals surface area (Å²) in [6.45, 7) is 2.16. The predicted molar refractivity (Wildman–Crippen MR) is 73.1 cm³/mol. The molecule has 0 atom stereocenters. The topological polar surface area (TPSA) is 41.5 Å². The second kappa shape index (κ2) is 5.77. The van der Waals surface area contributed by atoms with Gasteiger partial charge in [0.05, 0.1) is 7.11 Å². The third-order valence-corrected chi connectivity index (χ3v) is 2.97. The SMILES string of the molecule is COc1ccc(NCc2cc(F)c(O)c(F)c2)cc1C. The van der Waals surface area contributed by atoms with Crippen LogP contribution in [-0.2, 0) is 6.54 Å². The minimum Gasteiger partial charge on any atom is -0.503 e. The molecule has 3 nitrogen and oxygen atoms in total. The van der Waals surface area contributed by atoms with E-state index in [4.69, 9.17) is 9.84 Å². The van der Waals surface area contributed by atoms with Gasteiger partial charge in [-0.1, -0.05) is 0 Å². The van der Waals surface area contributed by atoms with Gasteiger partial charge in [-0.25, -0.2) is 8.78 Å². The molecule has 0 bridgehead atoms. The molecule has 2 aromatic rings. The summed E-state index contributed by atoms with van der Waals surface area (Å²) in [7, 11) is 1.59. The normalized spacial score (nSPS) is 10.4. The van der Waals surface area contributed by atoms with Gasteiger partial charge in [0.15, 0.2) is 17.4 Å². The lowest BCUT2D eigenvalue weighted by Crippen LogP contribution is -2.01. The first kappa shape index (κ1) is 14.1. The van der Waals surface area contributed by atoms with Crippen LogP contribution in [0.25, 0.3) is 0 Å². The van der Waals surface area contributed by atoms with Crippen LogP contribution in [0.5, 0.6) is 11.5 Å². The second-order valence-corrected chi connectivity index (χ2v) is 4.45. The van der Waals surface area contributed by atoms with Crippen molar-refractivity contribution >= 4 is 5.69 Å². The van der Waals surface area contributed by atoms with Crippen molar-refractivity contribution in [1.82, 2.24) is 0 Å². The van der Waals surface area contributed by atoms with Crippen molar-refractivity contribution in [3.8, 4) is 11.5 Å². The molecule has 0 fully saturated rings. The quantitative estimate of drug-likeness (QED) is 0.898. The lowest BCUT2D eigenvalue weighted by atomic mass is 10.1. The number of phenolic OH excluding ortho intramolecular Hbond substituents is 1. The van der Waals surface area contributed by atoms with Gasteiger partial charge in [0.2, 0.25) is 0 Å². The molecule has 5 heteroatoms. The zero-order valence-electron chi connectivity index (χ0n) is 11.2. The van der Waals surface area contributed by atoms with E-state index in [1.54, 1.807) is 7.11 Å². The molecule has 0 unspecified atom stereocenters. The smallest absolute Gasteiger partial charge is 0.187 e. The Morgan fingerprint density at radius 3 is 2.35 bits per heavy atom. The number of aromatic hydroxyl groups is 1. The first-order valence-electron chi connectivity index (χ1n) is 6.06. The highest BCUT2D eigenvalue weighted by Gasteiger charge is 2.09. The van der Waals surface area contributed by atoms with E-state index in [2.05, 4.69) is 5.32 Å². The van der Waals surface area contributed by atoms with Crippen molar-refractivity contribution < 1.29 is 18.6 Å². The molecular weight excluding hydrogens is 264 g/mol. The standard InChI is InChI=1S/C15H15F2NO2/c1-9-5-11(3-4-14(9)20-2)18-8-10-6-12(16)15(19)13(17)7-10/h3-7,18-19H,8H2,1-2H3. The van der Waals surface area contributed by atoms with Crippen molar-refractivity contribution in [2.24, 2.45) is 0 Å². The minimum atomic E-state index is -0.965. The molecule has 0 aliphatic carbocycles. The number of methoxy groups -OCH3 is 1. The van der Waals surface area contributed by atoms with Crippen LogP contribution in [0.2, 0.25) is 0 Å². The Bertz CT molecular complexity index is 606. The Morgan fingerprint density at radius 2 is 1.80 bits per heavy atom. The van der Waals surface area contributed by atoms with Crippen LogP contribution in [0.1, 0.15) is 11.1 Å². The number of anilines is 1. The molecule has 0 aliphatic heterocycles. The summed E-state index contributed by atoms with van der Waals surface area (Å²) in [5, 5.41) is 12.1. The Hall–Kier alpha value is -2.30. The van der Waals surface area contributed by atoms with E-state index in [1.165, 1.54) is 0 Å². The van der Waals surface area contributed by atoms with Crippen LogP contribution < -0.4 is 10.1 Å². The number of rotatable bonds is 4. The predicted octanol–water partition coefficient (Wildman–Crippen LogP) is 3.60. The van der Waals surface area contributed by atoms with E-state index >= 15 is 0 Å². The first-order valence-corrected chi connectivity index (χ1v) is 6.06. The van der Waals surface area contributed by atoms with Gasteiger partial charge in [-0.2, -0.15) is 0 Å². The van der Waals surface area contributed by atoms with Crippen LogP contribution in [0.15, 0.2) is 30.3 Å². The number of hydrogen-bond acceptors (Lipinski definition) is 3. The van der Waals surface area contributed by atoms with Gasteiger partial charge in [-0.3, -0.25) is 0 Å². The number of nitrogens with one attached hydrogen (secondary N) is 1. The van der Waals surface area contributed by atoms with Gasteiger partial charge in [-0.15, -0.1) is 0 Å². The van der Waals surface area contributed by atoms with Crippen molar-refractivity contribution in [2.45, 2.75) is 13.5 Å². The highest BCUT2D eigenvalue weighted by molar-refractivity contribution is 5.51. The van der Waals surface area contributed by atoms with Crippen LogP contribution in [-0.4, -0.2) is 12.2 Å². The molecule has 0 amide bonds. The molecule has 0 saturated heterocycles. The highest BCUT2D eigenvalue weighted by atomic mass is 19.1. The van der Waals surface area contributed by atoms with E-state index in [1.807, 2.05) is 25.1 Å². The van der Waals surface area contributed by atoms with Gasteiger partial charge >= 0.3 is 0 Å². The van der Waals surface area contributed by atoms with Crippen LogP contribution in [0.4, 0.5) is 14.5 Å². The van der Waals surface area contributed by atoms with E-state index in [0.29, 0.717) is 5.56 Å². The molecule has 0 heterocycles. The molecular formula is C15H15F2NO2. The largest absolute Gasteiger partial charge is 0.503 e. The number of halogens is 2. The molecule has 0 radical (unpaired) electrons. The lowest BCUT2D eigenvalue weighted by molar-refractivity contribution is 0.395. The van der Waals surface area contributed by atoms with Gasteiger partial charge < -0.3 is 15.2 Å². The molecule has 2 rings (SSSR count). The van der Waals surface area contributed by atoms with Gasteiger partial charge in [-0.05, 0) is 48.4 Å². The zero-order valence-corrected chi connectivity index (χ0v) is 11.2. The Kier molecular flexibility index (Phi) is 4.08. The maximum Gasteiger partial charge on any atom is 0.187 e. The van der Waals surface area contributed by atoms with Crippen molar-refractivity contribution in [3.63, 3.8) is 0 Å². The number of ether oxygens (including phenoxy) is 1.